The molecule has 0 saturated heterocycles. The predicted molar refractivity (Wildman–Crippen MR) is 85.5 cm³/mol. The number of esters is 1. The lowest BCUT2D eigenvalue weighted by Crippen LogP contribution is -2.25. The summed E-state index contributed by atoms with van der Waals surface area (Å²) < 4.78 is 10.2. The van der Waals surface area contributed by atoms with E-state index < -0.39 is 17.9 Å². The molecule has 0 unspecified atom stereocenters. The molecular formula is C17H20N2O5. The summed E-state index contributed by atoms with van der Waals surface area (Å²) in [5, 5.41) is 3.69. The van der Waals surface area contributed by atoms with Crippen LogP contribution in [0.25, 0.3) is 0 Å². The topological polar surface area (TPSA) is 102 Å². The molecule has 2 heterocycles. The largest absolute Gasteiger partial charge is 0.450 e. The second kappa shape index (κ2) is 6.43. The number of hydrogen-bond acceptors (Lipinski definition) is 6. The van der Waals surface area contributed by atoms with Gasteiger partial charge in [-0.3, -0.25) is 9.59 Å². The van der Waals surface area contributed by atoms with E-state index in [0.717, 1.165) is 0 Å². The molecule has 0 bridgehead atoms. The molecule has 0 aromatic carbocycles. The van der Waals surface area contributed by atoms with Crippen molar-refractivity contribution >= 4 is 17.5 Å². The lowest BCUT2D eigenvalue weighted by molar-refractivity contribution is 0.0314. The zero-order valence-electron chi connectivity index (χ0n) is 14.6. The maximum absolute atomic E-state index is 12.6. The highest BCUT2D eigenvalue weighted by Gasteiger charge is 2.28. The molecule has 0 aliphatic rings. The number of carbonyl (C=O) groups excluding carboxylic acids is 3. The Morgan fingerprint density at radius 2 is 1.75 bits per heavy atom. The van der Waals surface area contributed by atoms with Crippen LogP contribution in [-0.2, 0) is 4.74 Å². The smallest absolute Gasteiger partial charge is 0.344 e. The maximum Gasteiger partial charge on any atom is 0.344 e. The molecule has 2 rings (SSSR count). The van der Waals surface area contributed by atoms with Gasteiger partial charge in [-0.05, 0) is 47.1 Å². The van der Waals surface area contributed by atoms with Crippen LogP contribution >= 0.6 is 0 Å². The molecule has 1 atom stereocenters. The zero-order chi connectivity index (χ0) is 18.2. The minimum absolute atomic E-state index is 0.124. The number of carbonyl (C=O) groups is 3. The van der Waals surface area contributed by atoms with Crippen LogP contribution < -0.4 is 0 Å². The fourth-order valence-electron chi connectivity index (χ4n) is 2.78. The monoisotopic (exact) mass is 332 g/mol. The van der Waals surface area contributed by atoms with Gasteiger partial charge in [-0.1, -0.05) is 5.16 Å². The van der Waals surface area contributed by atoms with Gasteiger partial charge in [0.2, 0.25) is 5.78 Å². The average Bonchev–Trinajstić information content (AvgIpc) is 2.97. The van der Waals surface area contributed by atoms with Crippen LogP contribution in [0.2, 0.25) is 0 Å². The summed E-state index contributed by atoms with van der Waals surface area (Å²) in [7, 11) is 0. The van der Waals surface area contributed by atoms with Gasteiger partial charge in [-0.2, -0.15) is 0 Å². The number of aromatic nitrogens is 2. The standard InChI is InChI=1S/C17H20N2O5/c1-7-13(10(4)20)8(2)18-15(7)16(21)12(6)23-17(22)14-9(3)19-24-11(14)5/h12,18H,1-6H3/t12-/m0/s1. The number of ether oxygens (including phenoxy) is 1. The number of H-pyrrole nitrogens is 1. The van der Waals surface area contributed by atoms with Gasteiger partial charge in [-0.15, -0.1) is 0 Å². The second-order valence-corrected chi connectivity index (χ2v) is 5.79. The van der Waals surface area contributed by atoms with E-state index in [1.807, 2.05) is 0 Å². The van der Waals surface area contributed by atoms with Gasteiger partial charge in [0.1, 0.15) is 11.3 Å². The molecule has 0 aliphatic heterocycles. The maximum atomic E-state index is 12.6. The Kier molecular flexibility index (Phi) is 4.73. The van der Waals surface area contributed by atoms with E-state index in [4.69, 9.17) is 9.26 Å². The summed E-state index contributed by atoms with van der Waals surface area (Å²) in [4.78, 5) is 39.4. The van der Waals surface area contributed by atoms with Crippen LogP contribution in [0.15, 0.2) is 4.52 Å². The highest BCUT2D eigenvalue weighted by Crippen LogP contribution is 2.21. The number of rotatable bonds is 5. The van der Waals surface area contributed by atoms with Crippen molar-refractivity contribution in [3.05, 3.63) is 39.5 Å². The molecule has 0 aliphatic carbocycles. The van der Waals surface area contributed by atoms with Crippen molar-refractivity contribution in [2.45, 2.75) is 47.6 Å². The minimum Gasteiger partial charge on any atom is -0.450 e. The molecule has 7 heteroatoms. The van der Waals surface area contributed by atoms with E-state index in [9.17, 15) is 14.4 Å². The van der Waals surface area contributed by atoms with Crippen molar-refractivity contribution in [1.82, 2.24) is 10.1 Å². The Labute approximate surface area is 139 Å². The summed E-state index contributed by atoms with van der Waals surface area (Å²) in [5.74, 6) is -0.855. The zero-order valence-corrected chi connectivity index (χ0v) is 14.6. The van der Waals surface area contributed by atoms with E-state index in [-0.39, 0.29) is 17.0 Å². The fraction of sp³-hybridized carbons (Fsp3) is 0.412. The number of hydrogen-bond donors (Lipinski definition) is 1. The summed E-state index contributed by atoms with van der Waals surface area (Å²) >= 11 is 0. The summed E-state index contributed by atoms with van der Waals surface area (Å²) in [6.07, 6.45) is -1.01. The number of aryl methyl sites for hydroxylation is 3. The number of nitrogens with zero attached hydrogens (tertiary/aromatic N) is 1. The Morgan fingerprint density at radius 3 is 2.21 bits per heavy atom. The van der Waals surface area contributed by atoms with Gasteiger partial charge in [0.25, 0.3) is 0 Å². The van der Waals surface area contributed by atoms with E-state index in [1.165, 1.54) is 13.8 Å². The van der Waals surface area contributed by atoms with Crippen molar-refractivity contribution < 1.29 is 23.6 Å². The van der Waals surface area contributed by atoms with Gasteiger partial charge in [0.05, 0.1) is 11.4 Å². The first-order valence-electron chi connectivity index (χ1n) is 7.53. The van der Waals surface area contributed by atoms with Crippen molar-refractivity contribution in [3.63, 3.8) is 0 Å². The van der Waals surface area contributed by atoms with Gasteiger partial charge >= 0.3 is 5.97 Å². The van der Waals surface area contributed by atoms with Gasteiger partial charge in [0, 0.05) is 11.3 Å². The first kappa shape index (κ1) is 17.7. The molecule has 1 N–H and O–H groups in total. The molecule has 0 fully saturated rings. The molecule has 0 spiro atoms. The summed E-state index contributed by atoms with van der Waals surface area (Å²) in [5.41, 5.74) is 2.57. The Bertz CT molecular complexity index is 809. The van der Waals surface area contributed by atoms with E-state index in [2.05, 4.69) is 10.1 Å². The number of Topliss-reactive ketones (excluding diaryl/α,β-unsaturated/α-hetero) is 2. The van der Waals surface area contributed by atoms with Crippen molar-refractivity contribution in [2.24, 2.45) is 0 Å². The van der Waals surface area contributed by atoms with E-state index >= 15 is 0 Å². The lowest BCUT2D eigenvalue weighted by atomic mass is 10.0. The molecule has 2 aromatic rings. The predicted octanol–water partition coefficient (Wildman–Crippen LogP) is 2.87. The lowest BCUT2D eigenvalue weighted by Gasteiger charge is -2.12. The Balaban J connectivity index is 2.23. The third-order valence-corrected chi connectivity index (χ3v) is 3.93. The quantitative estimate of drug-likeness (QED) is 0.667. The minimum atomic E-state index is -1.01. The third kappa shape index (κ3) is 3.02. The summed E-state index contributed by atoms with van der Waals surface area (Å²) in [6, 6.07) is 0. The van der Waals surface area contributed by atoms with E-state index in [1.54, 1.807) is 27.7 Å². The van der Waals surface area contributed by atoms with Crippen molar-refractivity contribution in [2.75, 3.05) is 0 Å². The molecule has 0 saturated carbocycles. The molecule has 7 nitrogen and oxygen atoms in total. The van der Waals surface area contributed by atoms with Gasteiger partial charge in [-0.25, -0.2) is 4.79 Å². The Morgan fingerprint density at radius 1 is 1.12 bits per heavy atom. The van der Waals surface area contributed by atoms with Crippen molar-refractivity contribution in [1.29, 1.82) is 0 Å². The molecule has 128 valence electrons. The van der Waals surface area contributed by atoms with Crippen LogP contribution in [0.4, 0.5) is 0 Å². The average molecular weight is 332 g/mol. The van der Waals surface area contributed by atoms with Crippen LogP contribution in [0.3, 0.4) is 0 Å². The van der Waals surface area contributed by atoms with Crippen LogP contribution in [-0.4, -0.2) is 33.8 Å². The SMILES string of the molecule is CC(=O)c1c(C)[nH]c(C(=O)[C@H](C)OC(=O)c2c(C)noc2C)c1C. The van der Waals surface area contributed by atoms with Crippen LogP contribution in [0.5, 0.6) is 0 Å². The fourth-order valence-corrected chi connectivity index (χ4v) is 2.78. The number of nitrogens with one attached hydrogen (secondary N) is 1. The summed E-state index contributed by atoms with van der Waals surface area (Å²) in [6.45, 7) is 9.56. The van der Waals surface area contributed by atoms with Crippen LogP contribution in [0.1, 0.15) is 67.8 Å². The highest BCUT2D eigenvalue weighted by molar-refractivity contribution is 6.05. The molecule has 24 heavy (non-hydrogen) atoms. The second-order valence-electron chi connectivity index (χ2n) is 5.79. The van der Waals surface area contributed by atoms with Crippen molar-refractivity contribution in [3.8, 4) is 0 Å². The van der Waals surface area contributed by atoms with Gasteiger partial charge in [0.15, 0.2) is 11.9 Å². The first-order valence-corrected chi connectivity index (χ1v) is 7.53. The van der Waals surface area contributed by atoms with Gasteiger partial charge < -0.3 is 14.2 Å². The normalized spacial score (nSPS) is 12.1. The van der Waals surface area contributed by atoms with E-state index in [0.29, 0.717) is 28.3 Å². The Hall–Kier alpha value is -2.70. The number of aromatic amines is 1. The molecule has 0 amide bonds. The first-order chi connectivity index (χ1) is 11.1. The van der Waals surface area contributed by atoms with Crippen LogP contribution in [0, 0.1) is 27.7 Å². The number of ketones is 2. The molecule has 0 radical (unpaired) electrons. The molecular weight excluding hydrogens is 312 g/mol. The highest BCUT2D eigenvalue weighted by atomic mass is 16.5. The molecule has 2 aromatic heterocycles. The third-order valence-electron chi connectivity index (χ3n) is 3.93.